The van der Waals surface area contributed by atoms with Gasteiger partial charge in [-0.3, -0.25) is 0 Å². The first-order chi connectivity index (χ1) is 5.08. The average Bonchev–Trinajstić information content (AvgIpc) is 1.85. The first-order valence-electron chi connectivity index (χ1n) is 4.12. The predicted octanol–water partition coefficient (Wildman–Crippen LogP) is 4.17. The van der Waals surface area contributed by atoms with Crippen LogP contribution < -0.4 is 0 Å². The molecule has 1 heteroatoms. The van der Waals surface area contributed by atoms with E-state index in [9.17, 15) is 0 Å². The second-order valence-electron chi connectivity index (χ2n) is 4.22. The van der Waals surface area contributed by atoms with Crippen LogP contribution >= 0.6 is 0 Å². The Morgan fingerprint density at radius 1 is 0.929 bits per heavy atom. The van der Waals surface area contributed by atoms with Gasteiger partial charge >= 0.3 is 0 Å². The molecular weight excluding hydrogens is 245 g/mol. The Morgan fingerprint density at radius 2 is 1.36 bits per heavy atom. The van der Waals surface area contributed by atoms with E-state index in [1.54, 1.807) is 0 Å². The van der Waals surface area contributed by atoms with Crippen LogP contribution in [0, 0.1) is 20.3 Å². The monoisotopic (exact) mass is 267 g/mol. The third kappa shape index (κ3) is 8.90. The van der Waals surface area contributed by atoms with Gasteiger partial charge in [-0.2, -0.15) is 0 Å². The van der Waals surface area contributed by atoms with Gasteiger partial charge in [0, 0.05) is 32.7 Å². The van der Waals surface area contributed by atoms with Crippen LogP contribution in [-0.2, 0) is 39.1 Å². The molecule has 0 saturated heterocycles. The molecule has 1 aromatic carbocycles. The molecule has 0 fully saturated rings. The Balaban J connectivity index is -0.000000403. The molecule has 0 aliphatic heterocycles. The van der Waals surface area contributed by atoms with Gasteiger partial charge in [0.25, 0.3) is 0 Å². The van der Waals surface area contributed by atoms with Crippen molar-refractivity contribution in [3.63, 3.8) is 0 Å². The van der Waals surface area contributed by atoms with E-state index in [-0.39, 0.29) is 47.6 Å². The maximum Gasteiger partial charge on any atom is 0 e. The van der Waals surface area contributed by atoms with Crippen LogP contribution in [0.25, 0.3) is 0 Å². The second kappa shape index (κ2) is 8.62. The molecule has 0 saturated carbocycles. The summed E-state index contributed by atoms with van der Waals surface area (Å²) in [6.07, 6.45) is 1.16. The summed E-state index contributed by atoms with van der Waals surface area (Å²) in [5, 5.41) is 0. The Morgan fingerprint density at radius 3 is 1.71 bits per heavy atom. The summed E-state index contributed by atoms with van der Waals surface area (Å²) in [4.78, 5) is 0. The third-order valence-electron chi connectivity index (χ3n) is 1.58. The zero-order valence-electron chi connectivity index (χ0n) is 10.2. The maximum absolute atomic E-state index is 2.26. The van der Waals surface area contributed by atoms with E-state index in [0.29, 0.717) is 5.41 Å². The Hall–Kier alpha value is 0.324. The molecular formula is C13H22Y-2. The smallest absolute Gasteiger partial charge is 0 e. The molecule has 0 amide bonds. The van der Waals surface area contributed by atoms with Crippen LogP contribution in [0.4, 0.5) is 0 Å². The van der Waals surface area contributed by atoms with Crippen molar-refractivity contribution in [1.29, 1.82) is 0 Å². The van der Waals surface area contributed by atoms with Gasteiger partial charge in [0.1, 0.15) is 0 Å². The van der Waals surface area contributed by atoms with Gasteiger partial charge in [0.2, 0.25) is 0 Å². The van der Waals surface area contributed by atoms with E-state index in [0.717, 1.165) is 6.42 Å². The molecule has 0 nitrogen and oxygen atoms in total. The van der Waals surface area contributed by atoms with Crippen molar-refractivity contribution in [2.24, 2.45) is 5.41 Å². The van der Waals surface area contributed by atoms with E-state index in [1.165, 1.54) is 5.56 Å². The fourth-order valence-corrected chi connectivity index (χ4v) is 1.21. The Kier molecular flexibility index (Phi) is 12.2. The van der Waals surface area contributed by atoms with Crippen molar-refractivity contribution in [3.8, 4) is 0 Å². The van der Waals surface area contributed by atoms with Gasteiger partial charge in [-0.25, -0.2) is 0 Å². The predicted molar refractivity (Wildman–Crippen MR) is 62.4 cm³/mol. The second-order valence-corrected chi connectivity index (χ2v) is 4.22. The van der Waals surface area contributed by atoms with E-state index in [1.807, 2.05) is 0 Å². The average molecular weight is 267 g/mol. The summed E-state index contributed by atoms with van der Waals surface area (Å²) >= 11 is 0. The molecule has 1 aromatic rings. The van der Waals surface area contributed by atoms with Gasteiger partial charge in [-0.1, -0.05) is 51.1 Å². The zero-order chi connectivity index (χ0) is 8.32. The van der Waals surface area contributed by atoms with Crippen molar-refractivity contribution >= 4 is 0 Å². The van der Waals surface area contributed by atoms with Gasteiger partial charge < -0.3 is 14.9 Å². The zero-order valence-corrected chi connectivity index (χ0v) is 13.0. The van der Waals surface area contributed by atoms with Gasteiger partial charge in [0.15, 0.2) is 0 Å². The molecule has 0 bridgehead atoms. The third-order valence-corrected chi connectivity index (χ3v) is 1.58. The minimum Gasteiger partial charge on any atom is -0.358 e. The van der Waals surface area contributed by atoms with E-state index >= 15 is 0 Å². The maximum atomic E-state index is 2.26. The molecule has 0 N–H and O–H groups in total. The molecule has 0 unspecified atom stereocenters. The number of hydrogen-bond donors (Lipinski definition) is 0. The van der Waals surface area contributed by atoms with Crippen molar-refractivity contribution in [2.45, 2.75) is 27.2 Å². The van der Waals surface area contributed by atoms with Crippen LogP contribution in [0.2, 0.25) is 0 Å². The molecule has 0 heterocycles. The summed E-state index contributed by atoms with van der Waals surface area (Å²) < 4.78 is 0. The summed E-state index contributed by atoms with van der Waals surface area (Å²) in [5.74, 6) is 0. The van der Waals surface area contributed by atoms with Crippen LogP contribution in [0.3, 0.4) is 0 Å². The molecule has 79 valence electrons. The Labute approximate surface area is 115 Å². The van der Waals surface area contributed by atoms with E-state index in [2.05, 4.69) is 51.1 Å². The summed E-state index contributed by atoms with van der Waals surface area (Å²) in [7, 11) is 0. The molecule has 0 atom stereocenters. The fourth-order valence-electron chi connectivity index (χ4n) is 1.21. The van der Waals surface area contributed by atoms with Crippen molar-refractivity contribution < 1.29 is 32.7 Å². The number of hydrogen-bond acceptors (Lipinski definition) is 0. The van der Waals surface area contributed by atoms with Crippen LogP contribution in [-0.4, -0.2) is 0 Å². The first kappa shape index (κ1) is 19.8. The van der Waals surface area contributed by atoms with E-state index < -0.39 is 0 Å². The van der Waals surface area contributed by atoms with E-state index in [4.69, 9.17) is 0 Å². The molecule has 0 aromatic heterocycles. The van der Waals surface area contributed by atoms with Gasteiger partial charge in [-0.05, 0) is 17.4 Å². The van der Waals surface area contributed by atoms with Gasteiger partial charge in [-0.15, -0.1) is 0 Å². The molecule has 0 spiro atoms. The number of rotatable bonds is 1. The summed E-state index contributed by atoms with van der Waals surface area (Å²) in [5.41, 5.74) is 1.83. The summed E-state index contributed by atoms with van der Waals surface area (Å²) in [6.45, 7) is 6.79. The van der Waals surface area contributed by atoms with Crippen LogP contribution in [0.5, 0.6) is 0 Å². The topological polar surface area (TPSA) is 0 Å². The van der Waals surface area contributed by atoms with Gasteiger partial charge in [0.05, 0.1) is 0 Å². The van der Waals surface area contributed by atoms with Crippen LogP contribution in [0.1, 0.15) is 26.3 Å². The normalized spacial score (nSPS) is 9.07. The van der Waals surface area contributed by atoms with Crippen LogP contribution in [0.15, 0.2) is 30.3 Å². The summed E-state index contributed by atoms with van der Waals surface area (Å²) in [6, 6.07) is 10.6. The minimum absolute atomic E-state index is 0. The Bertz CT molecular complexity index is 208. The molecule has 0 aliphatic carbocycles. The molecule has 1 radical (unpaired) electrons. The first-order valence-corrected chi connectivity index (χ1v) is 4.12. The molecule has 14 heavy (non-hydrogen) atoms. The molecule has 0 aliphatic rings. The van der Waals surface area contributed by atoms with Crippen molar-refractivity contribution in [3.05, 3.63) is 50.7 Å². The minimum atomic E-state index is 0. The largest absolute Gasteiger partial charge is 0.358 e. The SMILES string of the molecule is CC(C)(C)Cc1ccccc1.[CH3-].[CH3-].[Y]. The van der Waals surface area contributed by atoms with Crippen molar-refractivity contribution in [1.82, 2.24) is 0 Å². The van der Waals surface area contributed by atoms with Crippen molar-refractivity contribution in [2.75, 3.05) is 0 Å². The fraction of sp³-hybridized carbons (Fsp3) is 0.385. The number of benzene rings is 1. The molecule has 1 rings (SSSR count). The quantitative estimate of drug-likeness (QED) is 0.670. The standard InChI is InChI=1S/C11H16.2CH3.Y/c1-11(2,3)9-10-7-5-4-6-8-10;;;/h4-8H,9H2,1-3H3;2*1H3;/q;2*-1;.